The minimum atomic E-state index is -0.316. The van der Waals surface area contributed by atoms with Gasteiger partial charge in [0.25, 0.3) is 0 Å². The Labute approximate surface area is 122 Å². The topological polar surface area (TPSA) is 46.3 Å². The van der Waals surface area contributed by atoms with E-state index in [0.29, 0.717) is 6.54 Å². The summed E-state index contributed by atoms with van der Waals surface area (Å²) in [7, 11) is 0. The second kappa shape index (κ2) is 6.89. The number of para-hydroxylation sites is 1. The van der Waals surface area contributed by atoms with Gasteiger partial charge in [-0.25, -0.2) is 0 Å². The van der Waals surface area contributed by atoms with Crippen molar-refractivity contribution in [1.29, 1.82) is 0 Å². The molecule has 2 N–H and O–H groups in total. The predicted molar refractivity (Wildman–Crippen MR) is 83.7 cm³/mol. The van der Waals surface area contributed by atoms with E-state index in [2.05, 4.69) is 6.92 Å². The molecular formula is C17H26N2O. The van der Waals surface area contributed by atoms with E-state index in [1.54, 1.807) is 0 Å². The SMILES string of the molecule is CCCCN(C(=O)C1(CN)CCCC1)c1ccccc1. The van der Waals surface area contributed by atoms with Crippen LogP contribution in [-0.4, -0.2) is 19.0 Å². The fourth-order valence-corrected chi connectivity index (χ4v) is 3.12. The first-order valence-electron chi connectivity index (χ1n) is 7.80. The quantitative estimate of drug-likeness (QED) is 0.864. The van der Waals surface area contributed by atoms with Gasteiger partial charge in [-0.15, -0.1) is 0 Å². The van der Waals surface area contributed by atoms with Crippen molar-refractivity contribution in [3.63, 3.8) is 0 Å². The maximum absolute atomic E-state index is 13.1. The van der Waals surface area contributed by atoms with Crippen LogP contribution < -0.4 is 10.6 Å². The standard InChI is InChI=1S/C17H26N2O/c1-2-3-13-19(15-9-5-4-6-10-15)16(20)17(14-18)11-7-8-12-17/h4-6,9-10H,2-3,7-8,11-14,18H2,1H3. The molecule has 110 valence electrons. The van der Waals surface area contributed by atoms with Gasteiger partial charge in [0, 0.05) is 18.8 Å². The second-order valence-electron chi connectivity index (χ2n) is 5.84. The number of carbonyl (C=O) groups is 1. The maximum Gasteiger partial charge on any atom is 0.234 e. The number of benzene rings is 1. The van der Waals surface area contributed by atoms with Crippen LogP contribution in [0.3, 0.4) is 0 Å². The third-order valence-corrected chi connectivity index (χ3v) is 4.45. The number of rotatable bonds is 6. The van der Waals surface area contributed by atoms with E-state index in [0.717, 1.165) is 50.8 Å². The summed E-state index contributed by atoms with van der Waals surface area (Å²) in [4.78, 5) is 15.0. The molecule has 1 amide bonds. The Morgan fingerprint density at radius 2 is 1.90 bits per heavy atom. The zero-order valence-corrected chi connectivity index (χ0v) is 12.5. The molecule has 0 bridgehead atoms. The van der Waals surface area contributed by atoms with E-state index in [9.17, 15) is 4.79 Å². The highest BCUT2D eigenvalue weighted by Crippen LogP contribution is 2.39. The van der Waals surface area contributed by atoms with Gasteiger partial charge in [-0.3, -0.25) is 4.79 Å². The van der Waals surface area contributed by atoms with Crippen LogP contribution in [0.15, 0.2) is 30.3 Å². The summed E-state index contributed by atoms with van der Waals surface area (Å²) in [6.07, 6.45) is 6.25. The number of anilines is 1. The molecule has 0 unspecified atom stereocenters. The molecule has 3 heteroatoms. The van der Waals surface area contributed by atoms with Gasteiger partial charge >= 0.3 is 0 Å². The molecule has 2 rings (SSSR count). The van der Waals surface area contributed by atoms with Gasteiger partial charge in [0.05, 0.1) is 5.41 Å². The third-order valence-electron chi connectivity index (χ3n) is 4.45. The highest BCUT2D eigenvalue weighted by Gasteiger charge is 2.42. The van der Waals surface area contributed by atoms with Crippen LogP contribution in [0.25, 0.3) is 0 Å². The van der Waals surface area contributed by atoms with Crippen molar-refractivity contribution in [2.24, 2.45) is 11.1 Å². The molecule has 1 fully saturated rings. The van der Waals surface area contributed by atoms with Crippen LogP contribution in [-0.2, 0) is 4.79 Å². The average molecular weight is 274 g/mol. The number of unbranched alkanes of at least 4 members (excludes halogenated alkanes) is 1. The Morgan fingerprint density at radius 3 is 2.45 bits per heavy atom. The molecule has 0 spiro atoms. The molecule has 3 nitrogen and oxygen atoms in total. The fraction of sp³-hybridized carbons (Fsp3) is 0.588. The number of nitrogens with zero attached hydrogens (tertiary/aromatic N) is 1. The first kappa shape index (κ1) is 15.0. The van der Waals surface area contributed by atoms with E-state index in [4.69, 9.17) is 5.73 Å². The first-order chi connectivity index (χ1) is 9.73. The molecular weight excluding hydrogens is 248 g/mol. The minimum Gasteiger partial charge on any atom is -0.329 e. The summed E-state index contributed by atoms with van der Waals surface area (Å²) in [6.45, 7) is 3.42. The lowest BCUT2D eigenvalue weighted by molar-refractivity contribution is -0.127. The Morgan fingerprint density at radius 1 is 1.25 bits per heavy atom. The largest absolute Gasteiger partial charge is 0.329 e. The summed E-state index contributed by atoms with van der Waals surface area (Å²) >= 11 is 0. The van der Waals surface area contributed by atoms with E-state index in [1.807, 2.05) is 35.2 Å². The molecule has 0 atom stereocenters. The lowest BCUT2D eigenvalue weighted by atomic mass is 9.84. The van der Waals surface area contributed by atoms with E-state index >= 15 is 0 Å². The molecule has 1 aromatic carbocycles. The molecule has 20 heavy (non-hydrogen) atoms. The molecule has 0 heterocycles. The molecule has 0 aromatic heterocycles. The Kier molecular flexibility index (Phi) is 5.18. The highest BCUT2D eigenvalue weighted by atomic mass is 16.2. The predicted octanol–water partition coefficient (Wildman–Crippen LogP) is 3.34. The average Bonchev–Trinajstić information content (AvgIpc) is 2.98. The van der Waals surface area contributed by atoms with Crippen LogP contribution in [0.4, 0.5) is 5.69 Å². The number of hydrogen-bond donors (Lipinski definition) is 1. The molecule has 0 aliphatic heterocycles. The summed E-state index contributed by atoms with van der Waals surface area (Å²) in [5.41, 5.74) is 6.66. The van der Waals surface area contributed by atoms with Crippen molar-refractivity contribution in [3.05, 3.63) is 30.3 Å². The van der Waals surface area contributed by atoms with Crippen LogP contribution in [0.2, 0.25) is 0 Å². The smallest absolute Gasteiger partial charge is 0.234 e. The molecule has 0 saturated heterocycles. The number of nitrogens with two attached hydrogens (primary N) is 1. The van der Waals surface area contributed by atoms with Gasteiger partial charge in [-0.2, -0.15) is 0 Å². The number of hydrogen-bond acceptors (Lipinski definition) is 2. The van der Waals surface area contributed by atoms with Gasteiger partial charge in [0.2, 0.25) is 5.91 Å². The van der Waals surface area contributed by atoms with Crippen molar-refractivity contribution in [2.45, 2.75) is 45.4 Å². The van der Waals surface area contributed by atoms with Crippen LogP contribution in [0.1, 0.15) is 45.4 Å². The molecule has 1 saturated carbocycles. The monoisotopic (exact) mass is 274 g/mol. The van der Waals surface area contributed by atoms with E-state index < -0.39 is 0 Å². The van der Waals surface area contributed by atoms with Crippen LogP contribution in [0, 0.1) is 5.41 Å². The van der Waals surface area contributed by atoms with E-state index in [-0.39, 0.29) is 11.3 Å². The number of amides is 1. The normalized spacial score (nSPS) is 17.1. The van der Waals surface area contributed by atoms with Crippen molar-refractivity contribution >= 4 is 11.6 Å². The summed E-state index contributed by atoms with van der Waals surface area (Å²) in [6, 6.07) is 10.0. The second-order valence-corrected chi connectivity index (χ2v) is 5.84. The van der Waals surface area contributed by atoms with Gasteiger partial charge in [0.15, 0.2) is 0 Å². The Bertz CT molecular complexity index is 424. The zero-order valence-electron chi connectivity index (χ0n) is 12.5. The highest BCUT2D eigenvalue weighted by molar-refractivity contribution is 5.98. The van der Waals surface area contributed by atoms with Crippen molar-refractivity contribution < 1.29 is 4.79 Å². The van der Waals surface area contributed by atoms with Crippen LogP contribution in [0.5, 0.6) is 0 Å². The Hall–Kier alpha value is -1.35. The summed E-state index contributed by atoms with van der Waals surface area (Å²) < 4.78 is 0. The fourth-order valence-electron chi connectivity index (χ4n) is 3.12. The molecule has 1 aliphatic rings. The molecule has 1 aliphatic carbocycles. The van der Waals surface area contributed by atoms with E-state index in [1.165, 1.54) is 0 Å². The van der Waals surface area contributed by atoms with Gasteiger partial charge in [-0.1, -0.05) is 44.4 Å². The summed E-state index contributed by atoms with van der Waals surface area (Å²) in [5.74, 6) is 0.233. The maximum atomic E-state index is 13.1. The van der Waals surface area contributed by atoms with Gasteiger partial charge in [0.1, 0.15) is 0 Å². The Balaban J connectivity index is 2.24. The van der Waals surface area contributed by atoms with Crippen molar-refractivity contribution in [2.75, 3.05) is 18.0 Å². The minimum absolute atomic E-state index is 0.233. The first-order valence-corrected chi connectivity index (χ1v) is 7.80. The molecule has 1 aromatic rings. The van der Waals surface area contributed by atoms with Gasteiger partial charge < -0.3 is 10.6 Å². The lowest BCUT2D eigenvalue weighted by Gasteiger charge is -2.33. The zero-order chi connectivity index (χ0) is 14.4. The van der Waals surface area contributed by atoms with Gasteiger partial charge in [-0.05, 0) is 31.4 Å². The third kappa shape index (κ3) is 3.04. The van der Waals surface area contributed by atoms with Crippen molar-refractivity contribution in [1.82, 2.24) is 0 Å². The lowest BCUT2D eigenvalue weighted by Crippen LogP contribution is -2.47. The van der Waals surface area contributed by atoms with Crippen LogP contribution >= 0.6 is 0 Å². The molecule has 0 radical (unpaired) electrons. The van der Waals surface area contributed by atoms with Crippen molar-refractivity contribution in [3.8, 4) is 0 Å². The number of carbonyl (C=O) groups excluding carboxylic acids is 1. The summed E-state index contributed by atoms with van der Waals surface area (Å²) in [5, 5.41) is 0.